The number of aliphatic hydroxyl groups excluding tert-OH is 1. The smallest absolute Gasteiger partial charge is 0.323 e. The maximum atomic E-state index is 12.9. The maximum absolute atomic E-state index is 12.9. The minimum absolute atomic E-state index is 0.103. The van der Waals surface area contributed by atoms with E-state index in [9.17, 15) is 14.4 Å². The lowest BCUT2D eigenvalue weighted by atomic mass is 9.99. The van der Waals surface area contributed by atoms with Crippen molar-refractivity contribution in [3.05, 3.63) is 64.7 Å². The fourth-order valence-corrected chi connectivity index (χ4v) is 3.59. The maximum Gasteiger partial charge on any atom is 0.323 e. The molecule has 2 aromatic rings. The van der Waals surface area contributed by atoms with E-state index < -0.39 is 17.5 Å². The van der Waals surface area contributed by atoms with Gasteiger partial charge in [-0.1, -0.05) is 30.0 Å². The molecule has 1 fully saturated rings. The number of hydrogen-bond acceptors (Lipinski definition) is 6. The molecule has 9 nitrogen and oxygen atoms in total. The highest BCUT2D eigenvalue weighted by atomic mass is 16.5. The van der Waals surface area contributed by atoms with Crippen molar-refractivity contribution in [3.63, 3.8) is 0 Å². The number of urea groups is 1. The second-order valence-corrected chi connectivity index (χ2v) is 7.32. The van der Waals surface area contributed by atoms with Crippen LogP contribution in [0.3, 0.4) is 0 Å². The van der Waals surface area contributed by atoms with Gasteiger partial charge < -0.3 is 20.1 Å². The highest BCUT2D eigenvalue weighted by Gasteiger charge is 2.48. The average molecular weight is 432 g/mol. The predicted molar refractivity (Wildman–Crippen MR) is 115 cm³/mol. The first-order valence-corrected chi connectivity index (χ1v) is 9.78. The SMILES string of the molecule is COc1ccc2c(c1)C(=O)N(C[C@@]1(C#Cc3ccc(C=NCO)cc3)NC(=O)NC1=O)C2. The van der Waals surface area contributed by atoms with Crippen molar-refractivity contribution in [1.29, 1.82) is 0 Å². The van der Waals surface area contributed by atoms with Crippen LogP contribution in [0.25, 0.3) is 0 Å². The minimum Gasteiger partial charge on any atom is -0.497 e. The van der Waals surface area contributed by atoms with E-state index in [0.29, 0.717) is 23.4 Å². The zero-order valence-corrected chi connectivity index (χ0v) is 17.2. The van der Waals surface area contributed by atoms with Gasteiger partial charge in [0.15, 0.2) is 0 Å². The molecule has 162 valence electrons. The minimum atomic E-state index is -1.57. The van der Waals surface area contributed by atoms with E-state index in [-0.39, 0.29) is 19.2 Å². The van der Waals surface area contributed by atoms with E-state index in [1.54, 1.807) is 42.5 Å². The van der Waals surface area contributed by atoms with Gasteiger partial charge in [-0.2, -0.15) is 0 Å². The molecule has 4 rings (SSSR count). The monoisotopic (exact) mass is 432 g/mol. The predicted octanol–water partition coefficient (Wildman–Crippen LogP) is 0.650. The van der Waals surface area contributed by atoms with Gasteiger partial charge in [-0.3, -0.25) is 19.9 Å². The zero-order chi connectivity index (χ0) is 22.7. The molecular weight excluding hydrogens is 412 g/mol. The number of benzene rings is 2. The van der Waals surface area contributed by atoms with E-state index in [1.807, 2.05) is 0 Å². The van der Waals surface area contributed by atoms with Crippen LogP contribution in [0, 0.1) is 11.8 Å². The number of hydrogen-bond donors (Lipinski definition) is 3. The number of nitrogens with one attached hydrogen (secondary N) is 2. The largest absolute Gasteiger partial charge is 0.497 e. The van der Waals surface area contributed by atoms with Crippen LogP contribution in [-0.4, -0.2) is 60.0 Å². The first-order valence-electron chi connectivity index (χ1n) is 9.78. The van der Waals surface area contributed by atoms with Crippen LogP contribution >= 0.6 is 0 Å². The van der Waals surface area contributed by atoms with Crippen molar-refractivity contribution < 1.29 is 24.2 Å². The molecule has 1 atom stereocenters. The Kier molecular flexibility index (Phi) is 5.62. The van der Waals surface area contributed by atoms with E-state index in [2.05, 4.69) is 27.5 Å². The molecule has 2 aliphatic rings. The quantitative estimate of drug-likeness (QED) is 0.364. The summed E-state index contributed by atoms with van der Waals surface area (Å²) in [6.45, 7) is -0.108. The molecule has 1 saturated heterocycles. The van der Waals surface area contributed by atoms with Crippen molar-refractivity contribution in [2.75, 3.05) is 20.4 Å². The molecule has 0 aromatic heterocycles. The number of nitrogens with zero attached hydrogens (tertiary/aromatic N) is 2. The molecule has 0 radical (unpaired) electrons. The van der Waals surface area contributed by atoms with Gasteiger partial charge in [-0.15, -0.1) is 0 Å². The van der Waals surface area contributed by atoms with Crippen LogP contribution in [0.5, 0.6) is 5.75 Å². The molecule has 3 N–H and O–H groups in total. The Balaban J connectivity index is 1.60. The van der Waals surface area contributed by atoms with Gasteiger partial charge in [0.05, 0.1) is 13.7 Å². The number of imide groups is 1. The van der Waals surface area contributed by atoms with Crippen molar-refractivity contribution in [3.8, 4) is 17.6 Å². The topological polar surface area (TPSA) is 120 Å². The number of amides is 4. The fraction of sp³-hybridized carbons (Fsp3) is 0.217. The Morgan fingerprint density at radius 1 is 1.22 bits per heavy atom. The second kappa shape index (κ2) is 8.53. The highest BCUT2D eigenvalue weighted by Crippen LogP contribution is 2.28. The van der Waals surface area contributed by atoms with E-state index in [1.165, 1.54) is 18.2 Å². The molecule has 2 heterocycles. The van der Waals surface area contributed by atoms with Crippen molar-refractivity contribution >= 4 is 24.1 Å². The van der Waals surface area contributed by atoms with Crippen molar-refractivity contribution in [2.24, 2.45) is 4.99 Å². The van der Waals surface area contributed by atoms with Gasteiger partial charge >= 0.3 is 6.03 Å². The number of fused-ring (bicyclic) bond motifs is 1. The number of carbonyl (C=O) groups excluding carboxylic acids is 3. The van der Waals surface area contributed by atoms with Crippen LogP contribution in [0.1, 0.15) is 27.0 Å². The standard InChI is InChI=1S/C23H20N4O5/c1-32-18-7-6-17-12-27(20(29)19(17)10-18)13-23(21(30)25-22(31)26-23)9-8-15-2-4-16(5-3-15)11-24-14-28/h2-7,10-11,28H,12-14H2,1H3,(H2,25,26,30,31)/t23-/m1/s1. The first-order chi connectivity index (χ1) is 15.4. The molecule has 4 amide bonds. The van der Waals surface area contributed by atoms with E-state index in [4.69, 9.17) is 9.84 Å². The molecule has 2 aromatic carbocycles. The Hall–Kier alpha value is -4.16. The molecule has 0 bridgehead atoms. The molecule has 32 heavy (non-hydrogen) atoms. The summed E-state index contributed by atoms with van der Waals surface area (Å²) >= 11 is 0. The lowest BCUT2D eigenvalue weighted by Gasteiger charge is -2.26. The Bertz CT molecular complexity index is 1180. The normalized spacial score (nSPS) is 19.4. The number of ether oxygens (including phenoxy) is 1. The highest BCUT2D eigenvalue weighted by molar-refractivity contribution is 6.10. The van der Waals surface area contributed by atoms with Gasteiger partial charge in [-0.25, -0.2) is 4.79 Å². The molecule has 9 heteroatoms. The number of aliphatic imine (C=N–C) groups is 1. The lowest BCUT2D eigenvalue weighted by molar-refractivity contribution is -0.122. The van der Waals surface area contributed by atoms with Gasteiger partial charge in [0.1, 0.15) is 12.5 Å². The van der Waals surface area contributed by atoms with Gasteiger partial charge in [-0.05, 0) is 35.4 Å². The third kappa shape index (κ3) is 4.04. The summed E-state index contributed by atoms with van der Waals surface area (Å²) in [4.78, 5) is 42.8. The molecule has 2 aliphatic heterocycles. The second-order valence-electron chi connectivity index (χ2n) is 7.32. The summed E-state index contributed by atoms with van der Waals surface area (Å²) in [6.07, 6.45) is 1.52. The third-order valence-electron chi connectivity index (χ3n) is 5.22. The number of rotatable bonds is 5. The zero-order valence-electron chi connectivity index (χ0n) is 17.2. The molecule has 0 aliphatic carbocycles. The number of carbonyl (C=O) groups is 3. The average Bonchev–Trinajstić information content (AvgIpc) is 3.26. The fourth-order valence-electron chi connectivity index (χ4n) is 3.59. The van der Waals surface area contributed by atoms with Crippen LogP contribution < -0.4 is 15.4 Å². The van der Waals surface area contributed by atoms with Crippen molar-refractivity contribution in [2.45, 2.75) is 12.1 Å². The number of methoxy groups -OCH3 is 1. The summed E-state index contributed by atoms with van der Waals surface area (Å²) in [5.74, 6) is 5.47. The summed E-state index contributed by atoms with van der Waals surface area (Å²) < 4.78 is 5.19. The summed E-state index contributed by atoms with van der Waals surface area (Å²) in [6, 6.07) is 11.6. The Morgan fingerprint density at radius 3 is 2.66 bits per heavy atom. The third-order valence-corrected chi connectivity index (χ3v) is 5.22. The Morgan fingerprint density at radius 2 is 2.00 bits per heavy atom. The van der Waals surface area contributed by atoms with Gasteiger partial charge in [0.2, 0.25) is 5.54 Å². The lowest BCUT2D eigenvalue weighted by Crippen LogP contribution is -2.54. The van der Waals surface area contributed by atoms with Gasteiger partial charge in [0.25, 0.3) is 11.8 Å². The van der Waals surface area contributed by atoms with Crippen LogP contribution in [0.4, 0.5) is 4.79 Å². The van der Waals surface area contributed by atoms with Crippen LogP contribution in [0.2, 0.25) is 0 Å². The summed E-state index contributed by atoms with van der Waals surface area (Å²) in [7, 11) is 1.52. The van der Waals surface area contributed by atoms with Crippen LogP contribution in [0.15, 0.2) is 47.5 Å². The van der Waals surface area contributed by atoms with Gasteiger partial charge in [0, 0.05) is 23.9 Å². The van der Waals surface area contributed by atoms with E-state index >= 15 is 0 Å². The summed E-state index contributed by atoms with van der Waals surface area (Å²) in [5.41, 5.74) is 1.12. The van der Waals surface area contributed by atoms with Crippen LogP contribution in [-0.2, 0) is 11.3 Å². The first kappa shape index (κ1) is 21.1. The molecular formula is C23H20N4O5. The van der Waals surface area contributed by atoms with E-state index in [0.717, 1.165) is 11.1 Å². The molecule has 0 unspecified atom stereocenters. The Labute approximate surface area is 184 Å². The van der Waals surface area contributed by atoms with Crippen molar-refractivity contribution in [1.82, 2.24) is 15.5 Å². The number of aliphatic hydroxyl groups is 1. The molecule has 0 saturated carbocycles. The summed E-state index contributed by atoms with van der Waals surface area (Å²) in [5, 5.41) is 13.6. The molecule has 0 spiro atoms.